The van der Waals surface area contributed by atoms with Gasteiger partial charge in [-0.25, -0.2) is 0 Å². The average molecular weight is 213 g/mol. The van der Waals surface area contributed by atoms with Crippen molar-refractivity contribution in [3.63, 3.8) is 0 Å². The monoisotopic (exact) mass is 213 g/mol. The first-order valence-corrected chi connectivity index (χ1v) is 4.94. The molecule has 0 heterocycles. The lowest BCUT2D eigenvalue weighted by Crippen LogP contribution is -2.41. The number of nitrogens with zero attached hydrogens (tertiary/aromatic N) is 1. The van der Waals surface area contributed by atoms with E-state index in [-0.39, 0.29) is 24.9 Å². The van der Waals surface area contributed by atoms with Crippen LogP contribution >= 0.6 is 0 Å². The summed E-state index contributed by atoms with van der Waals surface area (Å²) >= 11 is 0. The minimum Gasteiger partial charge on any atom is -0.355 e. The Labute approximate surface area is 90.5 Å². The summed E-state index contributed by atoms with van der Waals surface area (Å²) in [7, 11) is 1.60. The van der Waals surface area contributed by atoms with Crippen LogP contribution < -0.4 is 10.6 Å². The summed E-state index contributed by atoms with van der Waals surface area (Å²) in [5.74, 6) is -0.250. The number of nitrogens with one attached hydrogen (secondary N) is 2. The van der Waals surface area contributed by atoms with Crippen LogP contribution in [0.5, 0.6) is 0 Å². The van der Waals surface area contributed by atoms with Crippen LogP contribution in [-0.4, -0.2) is 49.9 Å². The van der Waals surface area contributed by atoms with Crippen LogP contribution in [0, 0.1) is 0 Å². The molecule has 0 rings (SSSR count). The number of likely N-dealkylation sites (N-methyl/N-ethyl adjacent to an activating group) is 2. The van der Waals surface area contributed by atoms with Crippen molar-refractivity contribution in [1.29, 1.82) is 0 Å². The van der Waals surface area contributed by atoms with Gasteiger partial charge >= 0.3 is 0 Å². The standard InChI is InChI=1S/C10H19N3O2/c1-4-6-11-7-10(15)13(3)8-9(14)12-5-2/h4,11H,1,5-8H2,2-3H3,(H,12,14). The highest BCUT2D eigenvalue weighted by molar-refractivity contribution is 5.85. The fourth-order valence-electron chi connectivity index (χ4n) is 0.973. The van der Waals surface area contributed by atoms with Crippen LogP contribution in [0.25, 0.3) is 0 Å². The lowest BCUT2D eigenvalue weighted by atomic mass is 10.4. The molecule has 0 aromatic carbocycles. The molecular formula is C10H19N3O2. The topological polar surface area (TPSA) is 61.4 Å². The van der Waals surface area contributed by atoms with Gasteiger partial charge in [-0.15, -0.1) is 6.58 Å². The first-order chi connectivity index (χ1) is 7.11. The van der Waals surface area contributed by atoms with Crippen LogP contribution in [0.1, 0.15) is 6.92 Å². The third-order valence-corrected chi connectivity index (χ3v) is 1.75. The molecule has 5 nitrogen and oxygen atoms in total. The molecule has 0 fully saturated rings. The largest absolute Gasteiger partial charge is 0.355 e. The number of hydrogen-bond donors (Lipinski definition) is 2. The maximum absolute atomic E-state index is 11.4. The molecular weight excluding hydrogens is 194 g/mol. The zero-order valence-corrected chi connectivity index (χ0v) is 9.38. The minimum absolute atomic E-state index is 0.0996. The summed E-state index contributed by atoms with van der Waals surface area (Å²) in [4.78, 5) is 23.9. The third kappa shape index (κ3) is 6.68. The summed E-state index contributed by atoms with van der Waals surface area (Å²) in [5, 5.41) is 5.51. The highest BCUT2D eigenvalue weighted by Gasteiger charge is 2.10. The van der Waals surface area contributed by atoms with Gasteiger partial charge in [0, 0.05) is 20.1 Å². The summed E-state index contributed by atoms with van der Waals surface area (Å²) in [6.45, 7) is 6.85. The molecule has 0 atom stereocenters. The van der Waals surface area contributed by atoms with E-state index in [1.165, 1.54) is 4.90 Å². The van der Waals surface area contributed by atoms with Gasteiger partial charge in [0.25, 0.3) is 0 Å². The predicted molar refractivity (Wildman–Crippen MR) is 59.4 cm³/mol. The van der Waals surface area contributed by atoms with Gasteiger partial charge in [-0.3, -0.25) is 9.59 Å². The highest BCUT2D eigenvalue weighted by atomic mass is 16.2. The van der Waals surface area contributed by atoms with Gasteiger partial charge in [-0.1, -0.05) is 6.08 Å². The summed E-state index contributed by atoms with van der Waals surface area (Å²) in [6, 6.07) is 0. The van der Waals surface area contributed by atoms with E-state index in [1.54, 1.807) is 13.1 Å². The van der Waals surface area contributed by atoms with Gasteiger partial charge in [0.15, 0.2) is 0 Å². The zero-order chi connectivity index (χ0) is 11.7. The molecule has 2 N–H and O–H groups in total. The second-order valence-corrected chi connectivity index (χ2v) is 3.12. The molecule has 86 valence electrons. The maximum Gasteiger partial charge on any atom is 0.239 e. The fourth-order valence-corrected chi connectivity index (χ4v) is 0.973. The molecule has 0 saturated heterocycles. The highest BCUT2D eigenvalue weighted by Crippen LogP contribution is 1.83. The van der Waals surface area contributed by atoms with E-state index in [9.17, 15) is 9.59 Å². The summed E-state index contributed by atoms with van der Waals surface area (Å²) in [5.41, 5.74) is 0. The van der Waals surface area contributed by atoms with Crippen molar-refractivity contribution in [2.24, 2.45) is 0 Å². The van der Waals surface area contributed by atoms with Crippen molar-refractivity contribution in [2.45, 2.75) is 6.92 Å². The van der Waals surface area contributed by atoms with E-state index < -0.39 is 0 Å². The fraction of sp³-hybridized carbons (Fsp3) is 0.600. The molecule has 0 bridgehead atoms. The van der Waals surface area contributed by atoms with Crippen molar-refractivity contribution < 1.29 is 9.59 Å². The van der Waals surface area contributed by atoms with Gasteiger partial charge in [0.05, 0.1) is 13.1 Å². The van der Waals surface area contributed by atoms with E-state index in [0.29, 0.717) is 13.1 Å². The van der Waals surface area contributed by atoms with Crippen molar-refractivity contribution in [2.75, 3.05) is 33.2 Å². The molecule has 0 spiro atoms. The lowest BCUT2D eigenvalue weighted by molar-refractivity contribution is -0.133. The number of hydrogen-bond acceptors (Lipinski definition) is 3. The van der Waals surface area contributed by atoms with E-state index >= 15 is 0 Å². The quantitative estimate of drug-likeness (QED) is 0.437. The first kappa shape index (κ1) is 13.6. The molecule has 0 aliphatic heterocycles. The van der Waals surface area contributed by atoms with Crippen molar-refractivity contribution >= 4 is 11.8 Å². The molecule has 5 heteroatoms. The smallest absolute Gasteiger partial charge is 0.239 e. The summed E-state index contributed by atoms with van der Waals surface area (Å²) in [6.07, 6.45) is 1.68. The van der Waals surface area contributed by atoms with E-state index in [1.807, 2.05) is 6.92 Å². The molecule has 0 aliphatic carbocycles. The van der Waals surface area contributed by atoms with E-state index in [2.05, 4.69) is 17.2 Å². The Hall–Kier alpha value is -1.36. The Morgan fingerprint density at radius 3 is 2.67 bits per heavy atom. The normalized spacial score (nSPS) is 9.47. The minimum atomic E-state index is -0.142. The van der Waals surface area contributed by atoms with Crippen LogP contribution in [0.3, 0.4) is 0 Å². The number of amides is 2. The number of carbonyl (C=O) groups is 2. The van der Waals surface area contributed by atoms with Gasteiger partial charge in [0.2, 0.25) is 11.8 Å². The Morgan fingerprint density at radius 2 is 2.13 bits per heavy atom. The molecule has 0 unspecified atom stereocenters. The SMILES string of the molecule is C=CCNCC(=O)N(C)CC(=O)NCC. The number of rotatable bonds is 7. The molecule has 0 saturated carbocycles. The Bertz CT molecular complexity index is 229. The van der Waals surface area contributed by atoms with Crippen LogP contribution in [0.2, 0.25) is 0 Å². The van der Waals surface area contributed by atoms with Crippen LogP contribution in [0.4, 0.5) is 0 Å². The molecule has 0 aromatic heterocycles. The zero-order valence-electron chi connectivity index (χ0n) is 9.38. The molecule has 15 heavy (non-hydrogen) atoms. The van der Waals surface area contributed by atoms with E-state index in [4.69, 9.17) is 0 Å². The molecule has 0 aliphatic rings. The van der Waals surface area contributed by atoms with Crippen LogP contribution in [0.15, 0.2) is 12.7 Å². The van der Waals surface area contributed by atoms with Crippen molar-refractivity contribution in [1.82, 2.24) is 15.5 Å². The van der Waals surface area contributed by atoms with Crippen molar-refractivity contribution in [3.05, 3.63) is 12.7 Å². The first-order valence-electron chi connectivity index (χ1n) is 4.94. The predicted octanol–water partition coefficient (Wildman–Crippen LogP) is -0.643. The Balaban J connectivity index is 3.77. The summed E-state index contributed by atoms with van der Waals surface area (Å²) < 4.78 is 0. The Morgan fingerprint density at radius 1 is 1.47 bits per heavy atom. The maximum atomic E-state index is 11.4. The van der Waals surface area contributed by atoms with Crippen molar-refractivity contribution in [3.8, 4) is 0 Å². The lowest BCUT2D eigenvalue weighted by Gasteiger charge is -2.16. The number of carbonyl (C=O) groups excluding carboxylic acids is 2. The average Bonchev–Trinajstić information content (AvgIpc) is 2.18. The third-order valence-electron chi connectivity index (χ3n) is 1.75. The second-order valence-electron chi connectivity index (χ2n) is 3.12. The van der Waals surface area contributed by atoms with Gasteiger partial charge < -0.3 is 15.5 Å². The van der Waals surface area contributed by atoms with E-state index in [0.717, 1.165) is 0 Å². The molecule has 0 radical (unpaired) electrons. The second kappa shape index (κ2) is 7.99. The molecule has 2 amide bonds. The van der Waals surface area contributed by atoms with Crippen LogP contribution in [-0.2, 0) is 9.59 Å². The van der Waals surface area contributed by atoms with Gasteiger partial charge in [0.1, 0.15) is 0 Å². The van der Waals surface area contributed by atoms with Gasteiger partial charge in [-0.05, 0) is 6.92 Å². The Kier molecular flexibility index (Phi) is 7.27. The molecule has 0 aromatic rings. The van der Waals surface area contributed by atoms with Gasteiger partial charge in [-0.2, -0.15) is 0 Å².